The maximum absolute atomic E-state index is 6.38. The zero-order chi connectivity index (χ0) is 19.9. The molecule has 2 aliphatic carbocycles. The zero-order valence-corrected chi connectivity index (χ0v) is 19.6. The van der Waals surface area contributed by atoms with Crippen LogP contribution in [0.1, 0.15) is 142 Å². The van der Waals surface area contributed by atoms with Gasteiger partial charge < -0.3 is 4.74 Å². The molecule has 28 heavy (non-hydrogen) atoms. The van der Waals surface area contributed by atoms with Gasteiger partial charge in [0.05, 0.1) is 6.10 Å². The molecule has 0 aromatic heterocycles. The van der Waals surface area contributed by atoms with Crippen molar-refractivity contribution in [2.45, 2.75) is 148 Å². The lowest BCUT2D eigenvalue weighted by atomic mass is 9.80. The van der Waals surface area contributed by atoms with Crippen LogP contribution in [0.2, 0.25) is 0 Å². The fourth-order valence-electron chi connectivity index (χ4n) is 5.62. The van der Waals surface area contributed by atoms with E-state index in [1.807, 2.05) is 0 Å². The Balaban J connectivity index is 1.43. The van der Waals surface area contributed by atoms with Crippen LogP contribution < -0.4 is 0 Å². The highest BCUT2D eigenvalue weighted by atomic mass is 16.5. The molecule has 2 rings (SSSR count). The van der Waals surface area contributed by atoms with Gasteiger partial charge in [-0.3, -0.25) is 0 Å². The van der Waals surface area contributed by atoms with E-state index in [0.29, 0.717) is 6.10 Å². The van der Waals surface area contributed by atoms with Crippen molar-refractivity contribution in [3.63, 3.8) is 0 Å². The molecule has 0 radical (unpaired) electrons. The Hall–Kier alpha value is -0.0400. The quantitative estimate of drug-likeness (QED) is 0.252. The van der Waals surface area contributed by atoms with Crippen molar-refractivity contribution in [3.8, 4) is 0 Å². The van der Waals surface area contributed by atoms with Gasteiger partial charge in [-0.2, -0.15) is 0 Å². The van der Waals surface area contributed by atoms with Crippen molar-refractivity contribution < 1.29 is 4.74 Å². The molecule has 1 nitrogen and oxygen atoms in total. The summed E-state index contributed by atoms with van der Waals surface area (Å²) in [5, 5.41) is 0. The summed E-state index contributed by atoms with van der Waals surface area (Å²) in [6.07, 6.45) is 29.4. The minimum atomic E-state index is 0.591. The van der Waals surface area contributed by atoms with Crippen LogP contribution in [0, 0.1) is 17.8 Å². The summed E-state index contributed by atoms with van der Waals surface area (Å²) in [4.78, 5) is 0. The van der Waals surface area contributed by atoms with Crippen molar-refractivity contribution in [3.05, 3.63) is 0 Å². The van der Waals surface area contributed by atoms with E-state index in [1.165, 1.54) is 128 Å². The number of ether oxygens (including phenoxy) is 1. The van der Waals surface area contributed by atoms with Gasteiger partial charge in [-0.05, 0) is 56.3 Å². The molecular weight excluding hydrogens is 340 g/mol. The molecule has 0 bridgehead atoms. The van der Waals surface area contributed by atoms with Gasteiger partial charge in [0.1, 0.15) is 0 Å². The number of hydrogen-bond acceptors (Lipinski definition) is 1. The van der Waals surface area contributed by atoms with Gasteiger partial charge in [0.2, 0.25) is 0 Å². The van der Waals surface area contributed by atoms with Crippen LogP contribution >= 0.6 is 0 Å². The highest BCUT2D eigenvalue weighted by Gasteiger charge is 2.24. The second-order valence-corrected chi connectivity index (χ2v) is 10.3. The summed E-state index contributed by atoms with van der Waals surface area (Å²) in [6, 6.07) is 0. The maximum Gasteiger partial charge on any atom is 0.0575 e. The Morgan fingerprint density at radius 2 is 0.929 bits per heavy atom. The van der Waals surface area contributed by atoms with Crippen molar-refractivity contribution in [2.75, 3.05) is 6.61 Å². The first-order chi connectivity index (χ1) is 13.8. The van der Waals surface area contributed by atoms with Gasteiger partial charge in [-0.15, -0.1) is 0 Å². The average Bonchev–Trinajstić information content (AvgIpc) is 2.73. The molecule has 0 aliphatic heterocycles. The summed E-state index contributed by atoms with van der Waals surface area (Å²) in [7, 11) is 0. The number of rotatable bonds is 15. The molecule has 0 atom stereocenters. The van der Waals surface area contributed by atoms with Gasteiger partial charge in [0.25, 0.3) is 0 Å². The van der Waals surface area contributed by atoms with Gasteiger partial charge in [0.15, 0.2) is 0 Å². The summed E-state index contributed by atoms with van der Waals surface area (Å²) >= 11 is 0. The molecule has 0 heterocycles. The van der Waals surface area contributed by atoms with E-state index in [-0.39, 0.29) is 0 Å². The highest BCUT2D eigenvalue weighted by molar-refractivity contribution is 4.76. The summed E-state index contributed by atoms with van der Waals surface area (Å²) in [5.74, 6) is 2.91. The molecule has 0 aromatic rings. The minimum absolute atomic E-state index is 0.591. The molecule has 0 aromatic carbocycles. The fourth-order valence-corrected chi connectivity index (χ4v) is 5.62. The first-order valence-electron chi connectivity index (χ1n) is 13.4. The molecule has 0 spiro atoms. The van der Waals surface area contributed by atoms with Crippen LogP contribution in [0.5, 0.6) is 0 Å². The van der Waals surface area contributed by atoms with E-state index in [1.54, 1.807) is 0 Å². The zero-order valence-electron chi connectivity index (χ0n) is 19.6. The van der Waals surface area contributed by atoms with Crippen LogP contribution in [0.3, 0.4) is 0 Å². The Bertz CT molecular complexity index is 336. The molecule has 2 aliphatic rings. The van der Waals surface area contributed by atoms with E-state index >= 15 is 0 Å². The second-order valence-electron chi connectivity index (χ2n) is 10.3. The maximum atomic E-state index is 6.38. The smallest absolute Gasteiger partial charge is 0.0575 e. The standard InChI is InChI=1S/C27H52O/c1-3-5-7-8-9-10-12-14-24-15-17-26(18-16-24)23-28-27-21-19-25(20-22-27)13-11-6-4-2/h24-27H,3-23H2,1-2H3/t24-,25-,26-,27-. The van der Waals surface area contributed by atoms with Gasteiger partial charge in [-0.1, -0.05) is 104 Å². The van der Waals surface area contributed by atoms with E-state index in [9.17, 15) is 0 Å². The normalized spacial score (nSPS) is 28.5. The van der Waals surface area contributed by atoms with Crippen molar-refractivity contribution in [1.82, 2.24) is 0 Å². The fraction of sp³-hybridized carbons (Fsp3) is 1.00. The predicted molar refractivity (Wildman–Crippen MR) is 124 cm³/mol. The predicted octanol–water partition coefficient (Wildman–Crippen LogP) is 9.09. The minimum Gasteiger partial charge on any atom is -0.378 e. The van der Waals surface area contributed by atoms with Crippen LogP contribution in [-0.2, 0) is 4.74 Å². The van der Waals surface area contributed by atoms with Crippen molar-refractivity contribution in [2.24, 2.45) is 17.8 Å². The lowest BCUT2D eigenvalue weighted by molar-refractivity contribution is -0.0104. The summed E-state index contributed by atoms with van der Waals surface area (Å²) < 4.78 is 6.38. The lowest BCUT2D eigenvalue weighted by Gasteiger charge is -2.32. The van der Waals surface area contributed by atoms with Crippen LogP contribution in [-0.4, -0.2) is 12.7 Å². The van der Waals surface area contributed by atoms with Crippen LogP contribution in [0.4, 0.5) is 0 Å². The van der Waals surface area contributed by atoms with E-state index < -0.39 is 0 Å². The first-order valence-corrected chi connectivity index (χ1v) is 13.4. The Morgan fingerprint density at radius 3 is 1.54 bits per heavy atom. The van der Waals surface area contributed by atoms with E-state index in [0.717, 1.165) is 24.4 Å². The molecular formula is C27H52O. The van der Waals surface area contributed by atoms with Crippen molar-refractivity contribution >= 4 is 0 Å². The molecule has 0 saturated heterocycles. The molecule has 2 saturated carbocycles. The van der Waals surface area contributed by atoms with Crippen molar-refractivity contribution in [1.29, 1.82) is 0 Å². The number of unbranched alkanes of at least 4 members (excludes halogenated alkanes) is 8. The van der Waals surface area contributed by atoms with Gasteiger partial charge in [0, 0.05) is 6.61 Å². The molecule has 1 heteroatoms. The molecule has 0 N–H and O–H groups in total. The number of hydrogen-bond donors (Lipinski definition) is 0. The largest absolute Gasteiger partial charge is 0.378 e. The third-order valence-corrected chi connectivity index (χ3v) is 7.76. The SMILES string of the molecule is CCCCCCCCC[C@H]1CC[C@H](CO[C@H]2CC[C@H](CCCCC)CC2)CC1. The Morgan fingerprint density at radius 1 is 0.500 bits per heavy atom. The molecule has 0 unspecified atom stereocenters. The topological polar surface area (TPSA) is 9.23 Å². The third-order valence-electron chi connectivity index (χ3n) is 7.76. The Labute approximate surface area is 177 Å². The van der Waals surface area contributed by atoms with Gasteiger partial charge >= 0.3 is 0 Å². The van der Waals surface area contributed by atoms with Crippen LogP contribution in [0.25, 0.3) is 0 Å². The van der Waals surface area contributed by atoms with E-state index in [4.69, 9.17) is 4.74 Å². The molecule has 0 amide bonds. The second kappa shape index (κ2) is 15.8. The first kappa shape index (κ1) is 24.2. The molecule has 166 valence electrons. The molecule has 2 fully saturated rings. The lowest BCUT2D eigenvalue weighted by Crippen LogP contribution is -2.26. The Kier molecular flexibility index (Phi) is 13.6. The highest BCUT2D eigenvalue weighted by Crippen LogP contribution is 2.34. The summed E-state index contributed by atoms with van der Waals surface area (Å²) in [6.45, 7) is 5.69. The summed E-state index contributed by atoms with van der Waals surface area (Å²) in [5.41, 5.74) is 0. The monoisotopic (exact) mass is 392 g/mol. The van der Waals surface area contributed by atoms with Gasteiger partial charge in [-0.25, -0.2) is 0 Å². The average molecular weight is 393 g/mol. The van der Waals surface area contributed by atoms with Crippen LogP contribution in [0.15, 0.2) is 0 Å². The third kappa shape index (κ3) is 10.7. The van der Waals surface area contributed by atoms with E-state index in [2.05, 4.69) is 13.8 Å².